The Morgan fingerprint density at radius 1 is 1.42 bits per heavy atom. The minimum Gasteiger partial charge on any atom is -0.496 e. The molecule has 1 atom stereocenters. The number of imidazole rings is 1. The highest BCUT2D eigenvalue weighted by molar-refractivity contribution is 5.38. The van der Waals surface area contributed by atoms with Gasteiger partial charge >= 0.3 is 0 Å². The van der Waals surface area contributed by atoms with Gasteiger partial charge in [0.05, 0.1) is 19.8 Å². The number of aliphatic hydroxyl groups is 1. The summed E-state index contributed by atoms with van der Waals surface area (Å²) in [4.78, 5) is 4.32. The summed E-state index contributed by atoms with van der Waals surface area (Å²) >= 11 is 0. The van der Waals surface area contributed by atoms with Gasteiger partial charge in [0.15, 0.2) is 0 Å². The van der Waals surface area contributed by atoms with Crippen molar-refractivity contribution in [3.63, 3.8) is 0 Å². The standard InChI is InChI=1S/C15H20N2O2/c1-4-15-16-7-8-17(15)10-13-9-12(11(2)18)5-6-14(13)19-3/h5-9,11,18H,4,10H2,1-3H3. The van der Waals surface area contributed by atoms with E-state index in [1.54, 1.807) is 14.0 Å². The Balaban J connectivity index is 2.34. The van der Waals surface area contributed by atoms with Crippen molar-refractivity contribution in [3.05, 3.63) is 47.5 Å². The van der Waals surface area contributed by atoms with Crippen molar-refractivity contribution in [2.24, 2.45) is 0 Å². The molecule has 1 N–H and O–H groups in total. The molecule has 0 bridgehead atoms. The molecule has 1 aromatic carbocycles. The van der Waals surface area contributed by atoms with Crippen molar-refractivity contribution >= 4 is 0 Å². The molecule has 0 spiro atoms. The van der Waals surface area contributed by atoms with E-state index in [4.69, 9.17) is 4.74 Å². The first-order valence-corrected chi connectivity index (χ1v) is 6.50. The second-order valence-corrected chi connectivity index (χ2v) is 4.57. The number of hydrogen-bond donors (Lipinski definition) is 1. The van der Waals surface area contributed by atoms with Gasteiger partial charge in [-0.25, -0.2) is 4.98 Å². The van der Waals surface area contributed by atoms with E-state index in [0.29, 0.717) is 6.54 Å². The summed E-state index contributed by atoms with van der Waals surface area (Å²) in [6, 6.07) is 5.78. The van der Waals surface area contributed by atoms with Crippen LogP contribution >= 0.6 is 0 Å². The molecule has 0 saturated carbocycles. The zero-order valence-corrected chi connectivity index (χ0v) is 11.6. The first kappa shape index (κ1) is 13.6. The van der Waals surface area contributed by atoms with Gasteiger partial charge in [-0.3, -0.25) is 0 Å². The Kier molecular flexibility index (Phi) is 4.22. The van der Waals surface area contributed by atoms with Crippen LogP contribution in [-0.2, 0) is 13.0 Å². The van der Waals surface area contributed by atoms with E-state index in [0.717, 1.165) is 29.1 Å². The molecular formula is C15H20N2O2. The zero-order valence-electron chi connectivity index (χ0n) is 11.6. The molecule has 0 saturated heterocycles. The summed E-state index contributed by atoms with van der Waals surface area (Å²) in [6.45, 7) is 4.55. The maximum Gasteiger partial charge on any atom is 0.123 e. The monoisotopic (exact) mass is 260 g/mol. The fraction of sp³-hybridized carbons (Fsp3) is 0.400. The van der Waals surface area contributed by atoms with E-state index in [2.05, 4.69) is 16.5 Å². The number of methoxy groups -OCH3 is 1. The summed E-state index contributed by atoms with van der Waals surface area (Å²) in [6.07, 6.45) is 4.20. The van der Waals surface area contributed by atoms with Gasteiger partial charge in [0, 0.05) is 24.4 Å². The number of rotatable bonds is 5. The minimum atomic E-state index is -0.474. The maximum absolute atomic E-state index is 9.68. The molecule has 102 valence electrons. The molecule has 0 aliphatic heterocycles. The van der Waals surface area contributed by atoms with E-state index in [-0.39, 0.29) is 0 Å². The smallest absolute Gasteiger partial charge is 0.123 e. The van der Waals surface area contributed by atoms with E-state index in [9.17, 15) is 5.11 Å². The van der Waals surface area contributed by atoms with Gasteiger partial charge in [-0.05, 0) is 24.6 Å². The van der Waals surface area contributed by atoms with Crippen molar-refractivity contribution in [2.75, 3.05) is 7.11 Å². The lowest BCUT2D eigenvalue weighted by Crippen LogP contribution is -2.06. The number of aliphatic hydroxyl groups excluding tert-OH is 1. The molecule has 0 fully saturated rings. The van der Waals surface area contributed by atoms with Crippen LogP contribution in [0, 0.1) is 0 Å². The number of aromatic nitrogens is 2. The molecule has 0 aliphatic rings. The number of benzene rings is 1. The van der Waals surface area contributed by atoms with E-state index in [1.807, 2.05) is 30.6 Å². The predicted molar refractivity (Wildman–Crippen MR) is 74.3 cm³/mol. The molecule has 2 rings (SSSR count). The fourth-order valence-corrected chi connectivity index (χ4v) is 2.16. The number of aryl methyl sites for hydroxylation is 1. The lowest BCUT2D eigenvalue weighted by Gasteiger charge is -2.14. The molecule has 1 unspecified atom stereocenters. The second kappa shape index (κ2) is 5.89. The van der Waals surface area contributed by atoms with Crippen LogP contribution < -0.4 is 4.74 Å². The number of nitrogens with zero attached hydrogens (tertiary/aromatic N) is 2. The summed E-state index contributed by atoms with van der Waals surface area (Å²) < 4.78 is 7.49. The topological polar surface area (TPSA) is 47.3 Å². The average molecular weight is 260 g/mol. The molecule has 0 radical (unpaired) electrons. The lowest BCUT2D eigenvalue weighted by molar-refractivity contribution is 0.199. The Labute approximate surface area is 113 Å². The van der Waals surface area contributed by atoms with Crippen LogP contribution in [0.1, 0.15) is 36.9 Å². The van der Waals surface area contributed by atoms with Gasteiger partial charge in [0.25, 0.3) is 0 Å². The molecule has 4 nitrogen and oxygen atoms in total. The summed E-state index contributed by atoms with van der Waals surface area (Å²) in [5, 5.41) is 9.68. The third-order valence-electron chi connectivity index (χ3n) is 3.25. The molecule has 0 aliphatic carbocycles. The van der Waals surface area contributed by atoms with Crippen molar-refractivity contribution in [3.8, 4) is 5.75 Å². The highest BCUT2D eigenvalue weighted by atomic mass is 16.5. The second-order valence-electron chi connectivity index (χ2n) is 4.57. The van der Waals surface area contributed by atoms with Gasteiger partial charge in [-0.1, -0.05) is 13.0 Å². The lowest BCUT2D eigenvalue weighted by atomic mass is 10.1. The van der Waals surface area contributed by atoms with Gasteiger partial charge in [-0.2, -0.15) is 0 Å². The van der Waals surface area contributed by atoms with Crippen molar-refractivity contribution in [1.82, 2.24) is 9.55 Å². The van der Waals surface area contributed by atoms with Crippen LogP contribution in [0.4, 0.5) is 0 Å². The molecule has 2 aromatic rings. The van der Waals surface area contributed by atoms with Crippen molar-refractivity contribution < 1.29 is 9.84 Å². The van der Waals surface area contributed by atoms with E-state index >= 15 is 0 Å². The van der Waals surface area contributed by atoms with Crippen LogP contribution in [0.2, 0.25) is 0 Å². The summed E-state index contributed by atoms with van der Waals surface area (Å²) in [5.74, 6) is 1.88. The van der Waals surface area contributed by atoms with Crippen LogP contribution in [0.5, 0.6) is 5.75 Å². The summed E-state index contributed by atoms with van der Waals surface area (Å²) in [7, 11) is 1.66. The predicted octanol–water partition coefficient (Wildman–Crippen LogP) is 2.56. The third kappa shape index (κ3) is 2.96. The van der Waals surface area contributed by atoms with Crippen molar-refractivity contribution in [1.29, 1.82) is 0 Å². The minimum absolute atomic E-state index is 0.474. The van der Waals surface area contributed by atoms with Gasteiger partial charge in [0.1, 0.15) is 11.6 Å². The van der Waals surface area contributed by atoms with Crippen molar-refractivity contribution in [2.45, 2.75) is 32.9 Å². The highest BCUT2D eigenvalue weighted by Gasteiger charge is 2.09. The number of ether oxygens (including phenoxy) is 1. The van der Waals surface area contributed by atoms with Crippen LogP contribution in [0.3, 0.4) is 0 Å². The van der Waals surface area contributed by atoms with E-state index < -0.39 is 6.10 Å². The Morgan fingerprint density at radius 3 is 2.84 bits per heavy atom. The SMILES string of the molecule is CCc1nccn1Cc1cc(C(C)O)ccc1OC. The van der Waals surface area contributed by atoms with E-state index in [1.165, 1.54) is 0 Å². The first-order chi connectivity index (χ1) is 9.15. The fourth-order valence-electron chi connectivity index (χ4n) is 2.16. The molecule has 19 heavy (non-hydrogen) atoms. The Morgan fingerprint density at radius 2 is 2.21 bits per heavy atom. The average Bonchev–Trinajstić information content (AvgIpc) is 2.85. The third-order valence-corrected chi connectivity index (χ3v) is 3.25. The van der Waals surface area contributed by atoms with Gasteiger partial charge < -0.3 is 14.4 Å². The Bertz CT molecular complexity index is 547. The normalized spacial score (nSPS) is 12.4. The first-order valence-electron chi connectivity index (χ1n) is 6.50. The molecular weight excluding hydrogens is 240 g/mol. The van der Waals surface area contributed by atoms with Crippen LogP contribution in [0.25, 0.3) is 0 Å². The molecule has 1 aromatic heterocycles. The Hall–Kier alpha value is -1.81. The van der Waals surface area contributed by atoms with Crippen LogP contribution in [0.15, 0.2) is 30.6 Å². The maximum atomic E-state index is 9.68. The van der Waals surface area contributed by atoms with Gasteiger partial charge in [0.2, 0.25) is 0 Å². The zero-order chi connectivity index (χ0) is 13.8. The molecule has 4 heteroatoms. The van der Waals surface area contributed by atoms with Gasteiger partial charge in [-0.15, -0.1) is 0 Å². The number of hydrogen-bond acceptors (Lipinski definition) is 3. The quantitative estimate of drug-likeness (QED) is 0.898. The molecule has 1 heterocycles. The highest BCUT2D eigenvalue weighted by Crippen LogP contribution is 2.24. The molecule has 0 amide bonds. The largest absolute Gasteiger partial charge is 0.496 e. The van der Waals surface area contributed by atoms with Crippen LogP contribution in [-0.4, -0.2) is 21.8 Å². The summed E-state index contributed by atoms with van der Waals surface area (Å²) in [5.41, 5.74) is 1.95.